The van der Waals surface area contributed by atoms with Crippen LogP contribution in [0.1, 0.15) is 35.5 Å². The second kappa shape index (κ2) is 9.01. The lowest BCUT2D eigenvalue weighted by atomic mass is 10.1. The number of carbonyl (C=O) groups is 1. The van der Waals surface area contributed by atoms with Crippen molar-refractivity contribution in [1.29, 1.82) is 0 Å². The van der Waals surface area contributed by atoms with E-state index in [2.05, 4.69) is 36.6 Å². The van der Waals surface area contributed by atoms with Gasteiger partial charge in [-0.15, -0.1) is 0 Å². The monoisotopic (exact) mass is 393 g/mol. The van der Waals surface area contributed by atoms with Crippen molar-refractivity contribution >= 4 is 16.7 Å². The van der Waals surface area contributed by atoms with Crippen molar-refractivity contribution in [3.05, 3.63) is 75.7 Å². The number of carbonyl (C=O) groups excluding carboxylic acids is 1. The Hall–Kier alpha value is -2.99. The van der Waals surface area contributed by atoms with Gasteiger partial charge in [-0.25, -0.2) is 4.68 Å². The first-order valence-corrected chi connectivity index (χ1v) is 10.00. The van der Waals surface area contributed by atoms with E-state index in [0.717, 1.165) is 12.1 Å². The third kappa shape index (κ3) is 5.09. The summed E-state index contributed by atoms with van der Waals surface area (Å²) in [7, 11) is 4.23. The van der Waals surface area contributed by atoms with Crippen LogP contribution >= 0.6 is 0 Å². The Labute approximate surface area is 171 Å². The quantitative estimate of drug-likeness (QED) is 0.641. The molecule has 1 amide bonds. The predicted octanol–water partition coefficient (Wildman–Crippen LogP) is 1.63. The maximum absolute atomic E-state index is 12.9. The normalized spacial score (nSPS) is 11.4. The van der Waals surface area contributed by atoms with Gasteiger partial charge in [0.2, 0.25) is 0 Å². The van der Waals surface area contributed by atoms with E-state index in [1.807, 2.05) is 38.1 Å². The zero-order chi connectivity index (χ0) is 21.0. The summed E-state index contributed by atoms with van der Waals surface area (Å²) in [5.41, 5.74) is 2.40. The molecule has 1 heterocycles. The summed E-state index contributed by atoms with van der Waals surface area (Å²) >= 11 is 0. The average molecular weight is 394 g/mol. The molecule has 0 fully saturated rings. The van der Waals surface area contributed by atoms with E-state index in [9.17, 15) is 9.59 Å². The van der Waals surface area contributed by atoms with Crippen LogP contribution in [0.2, 0.25) is 0 Å². The maximum atomic E-state index is 12.9. The van der Waals surface area contributed by atoms with Crippen LogP contribution in [0.15, 0.2) is 53.3 Å². The number of hydrogen-bond donors (Lipinski definition) is 2. The van der Waals surface area contributed by atoms with Crippen LogP contribution in [-0.2, 0) is 19.6 Å². The van der Waals surface area contributed by atoms with Crippen molar-refractivity contribution in [3.8, 4) is 0 Å². The molecule has 0 saturated heterocycles. The third-order valence-corrected chi connectivity index (χ3v) is 4.65. The zero-order valence-electron chi connectivity index (χ0n) is 17.5. The van der Waals surface area contributed by atoms with Gasteiger partial charge in [-0.2, -0.15) is 5.10 Å². The van der Waals surface area contributed by atoms with Gasteiger partial charge in [0.25, 0.3) is 11.5 Å². The molecule has 6 heteroatoms. The molecular formula is C23H29N4O2+. The van der Waals surface area contributed by atoms with Crippen molar-refractivity contribution in [1.82, 2.24) is 15.1 Å². The number of amides is 1. The Bertz CT molecular complexity index is 1050. The summed E-state index contributed by atoms with van der Waals surface area (Å²) in [5, 5.41) is 8.43. The number of nitrogens with one attached hydrogen (secondary N) is 2. The van der Waals surface area contributed by atoms with E-state index in [0.29, 0.717) is 23.9 Å². The molecule has 6 nitrogen and oxygen atoms in total. The number of hydrogen-bond acceptors (Lipinski definition) is 3. The van der Waals surface area contributed by atoms with Gasteiger partial charge in [0.15, 0.2) is 5.69 Å². The first-order valence-electron chi connectivity index (χ1n) is 10.00. The van der Waals surface area contributed by atoms with Crippen LogP contribution in [0.3, 0.4) is 0 Å². The van der Waals surface area contributed by atoms with Gasteiger partial charge in [-0.1, -0.05) is 56.3 Å². The second-order valence-electron chi connectivity index (χ2n) is 8.16. The van der Waals surface area contributed by atoms with Crippen molar-refractivity contribution < 1.29 is 9.69 Å². The first-order chi connectivity index (χ1) is 13.8. The van der Waals surface area contributed by atoms with Gasteiger partial charge in [-0.05, 0) is 17.5 Å². The Morgan fingerprint density at radius 3 is 2.28 bits per heavy atom. The summed E-state index contributed by atoms with van der Waals surface area (Å²) in [5.74, 6) is -0.0275. The van der Waals surface area contributed by atoms with E-state index in [4.69, 9.17) is 0 Å². The van der Waals surface area contributed by atoms with Crippen LogP contribution in [0.4, 0.5) is 0 Å². The number of nitrogens with zero attached hydrogens (tertiary/aromatic N) is 2. The third-order valence-electron chi connectivity index (χ3n) is 4.65. The van der Waals surface area contributed by atoms with Gasteiger partial charge < -0.3 is 10.2 Å². The van der Waals surface area contributed by atoms with E-state index in [1.54, 1.807) is 12.1 Å². The largest absolute Gasteiger partial charge is 0.347 e. The lowest BCUT2D eigenvalue weighted by Crippen LogP contribution is -3.04. The summed E-state index contributed by atoms with van der Waals surface area (Å²) in [4.78, 5) is 27.0. The molecule has 0 aliphatic heterocycles. The van der Waals surface area contributed by atoms with Gasteiger partial charge in [-0.3, -0.25) is 9.59 Å². The van der Waals surface area contributed by atoms with E-state index in [1.165, 1.54) is 15.1 Å². The highest BCUT2D eigenvalue weighted by Crippen LogP contribution is 2.14. The fourth-order valence-corrected chi connectivity index (χ4v) is 3.32. The summed E-state index contributed by atoms with van der Waals surface area (Å²) in [6.45, 7) is 5.88. The molecule has 2 aromatic carbocycles. The average Bonchev–Trinajstić information content (AvgIpc) is 2.68. The van der Waals surface area contributed by atoms with Crippen LogP contribution < -0.4 is 15.8 Å². The van der Waals surface area contributed by atoms with Crippen molar-refractivity contribution in [2.75, 3.05) is 14.1 Å². The molecule has 0 saturated carbocycles. The summed E-state index contributed by atoms with van der Waals surface area (Å²) in [6, 6.07) is 15.4. The summed E-state index contributed by atoms with van der Waals surface area (Å²) in [6.07, 6.45) is 0. The van der Waals surface area contributed by atoms with E-state index in [-0.39, 0.29) is 23.1 Å². The van der Waals surface area contributed by atoms with Crippen LogP contribution in [0.5, 0.6) is 0 Å². The van der Waals surface area contributed by atoms with Crippen molar-refractivity contribution in [2.45, 2.75) is 33.5 Å². The standard InChI is InChI=1S/C23H28N4O2/c1-16(2)14-27-23(29)20-8-6-5-7-19(20)21(25-27)22(28)24-13-17-9-11-18(12-10-17)15-26(3)4/h5-12,16H,13-15H2,1-4H3,(H,24,28)/p+1. The lowest BCUT2D eigenvalue weighted by molar-refractivity contribution is -0.872. The maximum Gasteiger partial charge on any atom is 0.274 e. The minimum atomic E-state index is -0.277. The number of benzene rings is 2. The minimum Gasteiger partial charge on any atom is -0.347 e. The molecule has 0 atom stereocenters. The molecule has 2 N–H and O–H groups in total. The van der Waals surface area contributed by atoms with E-state index < -0.39 is 0 Å². The molecule has 0 radical (unpaired) electrons. The van der Waals surface area contributed by atoms with Crippen molar-refractivity contribution in [3.63, 3.8) is 0 Å². The Morgan fingerprint density at radius 1 is 1.03 bits per heavy atom. The van der Waals surface area contributed by atoms with Crippen molar-refractivity contribution in [2.24, 2.45) is 5.92 Å². The Morgan fingerprint density at radius 2 is 1.66 bits per heavy atom. The molecule has 0 aliphatic carbocycles. The highest BCUT2D eigenvalue weighted by Gasteiger charge is 2.17. The molecule has 0 spiro atoms. The molecule has 3 aromatic rings. The fraction of sp³-hybridized carbons (Fsp3) is 0.348. The molecule has 29 heavy (non-hydrogen) atoms. The predicted molar refractivity (Wildman–Crippen MR) is 115 cm³/mol. The molecule has 3 rings (SSSR count). The summed E-state index contributed by atoms with van der Waals surface area (Å²) < 4.78 is 1.40. The second-order valence-corrected chi connectivity index (χ2v) is 8.16. The zero-order valence-corrected chi connectivity index (χ0v) is 17.5. The van der Waals surface area contributed by atoms with Crippen LogP contribution in [-0.4, -0.2) is 29.8 Å². The van der Waals surface area contributed by atoms with Gasteiger partial charge in [0.05, 0.1) is 19.5 Å². The highest BCUT2D eigenvalue weighted by atomic mass is 16.2. The van der Waals surface area contributed by atoms with Gasteiger partial charge in [0, 0.05) is 24.0 Å². The van der Waals surface area contributed by atoms with Gasteiger partial charge in [0.1, 0.15) is 6.54 Å². The molecule has 0 unspecified atom stereocenters. The van der Waals surface area contributed by atoms with Crippen LogP contribution in [0, 0.1) is 5.92 Å². The van der Waals surface area contributed by atoms with Gasteiger partial charge >= 0.3 is 0 Å². The molecule has 152 valence electrons. The first kappa shape index (κ1) is 20.7. The minimum absolute atomic E-state index is 0.163. The van der Waals surface area contributed by atoms with Crippen LogP contribution in [0.25, 0.3) is 10.8 Å². The molecule has 1 aromatic heterocycles. The fourth-order valence-electron chi connectivity index (χ4n) is 3.32. The molecule has 0 aliphatic rings. The molecular weight excluding hydrogens is 364 g/mol. The Kier molecular flexibility index (Phi) is 6.44. The number of rotatable bonds is 7. The SMILES string of the molecule is CC(C)Cn1nc(C(=O)NCc2ccc(C[NH+](C)C)cc2)c2ccccc2c1=O. The molecule has 0 bridgehead atoms. The highest BCUT2D eigenvalue weighted by molar-refractivity contribution is 6.04. The number of quaternary nitrogens is 1. The van der Waals surface area contributed by atoms with E-state index >= 15 is 0 Å². The topological polar surface area (TPSA) is 68.4 Å². The lowest BCUT2D eigenvalue weighted by Gasteiger charge is -2.13. The Balaban J connectivity index is 1.83. The number of fused-ring (bicyclic) bond motifs is 1. The number of aromatic nitrogens is 2. The smallest absolute Gasteiger partial charge is 0.274 e.